The molecule has 0 bridgehead atoms. The average Bonchev–Trinajstić information content (AvgIpc) is 3.47. The monoisotopic (exact) mass is 497 g/mol. The molecule has 0 spiro atoms. The standard InChI is InChI=1S/C30H35N5O2/c1-21(2)23-13-15-24(16-14-23)28-27-12-8-18-33(27)29-26(20-34(28)30(36)31-17-9-19-37-4)22(3)32-35(29)25-10-6-5-7-11-25/h5-8,10-16,18,21,28H,9,17,19-20H2,1-4H3,(H,31,36)/t28-/m1/s1. The lowest BCUT2D eigenvalue weighted by molar-refractivity contribution is 0.174. The first-order valence-corrected chi connectivity index (χ1v) is 12.9. The fourth-order valence-corrected chi connectivity index (χ4v) is 5.08. The smallest absolute Gasteiger partial charge is 0.318 e. The normalized spacial score (nSPS) is 14.8. The lowest BCUT2D eigenvalue weighted by Gasteiger charge is -2.31. The predicted molar refractivity (Wildman–Crippen MR) is 145 cm³/mol. The first-order valence-electron chi connectivity index (χ1n) is 12.9. The number of aromatic nitrogens is 3. The van der Waals surface area contributed by atoms with Crippen molar-refractivity contribution in [1.82, 2.24) is 24.6 Å². The summed E-state index contributed by atoms with van der Waals surface area (Å²) in [5.41, 5.74) is 6.32. The van der Waals surface area contributed by atoms with Gasteiger partial charge in [0.15, 0.2) is 0 Å². The zero-order chi connectivity index (χ0) is 25.9. The molecule has 0 fully saturated rings. The number of para-hydroxylation sites is 1. The van der Waals surface area contributed by atoms with Gasteiger partial charge in [-0.25, -0.2) is 9.48 Å². The molecule has 1 atom stereocenters. The van der Waals surface area contributed by atoms with E-state index in [-0.39, 0.29) is 12.1 Å². The molecule has 0 radical (unpaired) electrons. The van der Waals surface area contributed by atoms with Gasteiger partial charge in [-0.3, -0.25) is 0 Å². The van der Waals surface area contributed by atoms with Crippen LogP contribution in [-0.2, 0) is 11.3 Å². The van der Waals surface area contributed by atoms with Crippen LogP contribution in [0.1, 0.15) is 60.3 Å². The molecule has 2 aromatic heterocycles. The topological polar surface area (TPSA) is 64.3 Å². The highest BCUT2D eigenvalue weighted by Crippen LogP contribution is 2.38. The summed E-state index contributed by atoms with van der Waals surface area (Å²) in [6, 6.07) is 22.6. The number of carbonyl (C=O) groups excluding carboxylic acids is 1. The van der Waals surface area contributed by atoms with Crippen LogP contribution in [-0.4, -0.2) is 45.5 Å². The Morgan fingerprint density at radius 3 is 2.54 bits per heavy atom. The lowest BCUT2D eigenvalue weighted by Crippen LogP contribution is -2.42. The van der Waals surface area contributed by atoms with Crippen LogP contribution in [0.5, 0.6) is 0 Å². The van der Waals surface area contributed by atoms with E-state index in [1.54, 1.807) is 7.11 Å². The maximum Gasteiger partial charge on any atom is 0.318 e. The van der Waals surface area contributed by atoms with Crippen molar-refractivity contribution in [1.29, 1.82) is 0 Å². The number of methoxy groups -OCH3 is 1. The number of carbonyl (C=O) groups is 1. The highest BCUT2D eigenvalue weighted by Gasteiger charge is 2.35. The van der Waals surface area contributed by atoms with Crippen LogP contribution >= 0.6 is 0 Å². The lowest BCUT2D eigenvalue weighted by atomic mass is 9.97. The molecule has 1 aliphatic rings. The Labute approximate surface area is 218 Å². The van der Waals surface area contributed by atoms with Crippen LogP contribution < -0.4 is 5.32 Å². The number of urea groups is 1. The second-order valence-corrected chi connectivity index (χ2v) is 9.87. The van der Waals surface area contributed by atoms with E-state index in [0.717, 1.165) is 40.4 Å². The number of nitrogens with zero attached hydrogens (tertiary/aromatic N) is 4. The first-order chi connectivity index (χ1) is 18.0. The Hall–Kier alpha value is -3.84. The summed E-state index contributed by atoms with van der Waals surface area (Å²) in [6.07, 6.45) is 2.83. The summed E-state index contributed by atoms with van der Waals surface area (Å²) >= 11 is 0. The number of hydrogen-bond acceptors (Lipinski definition) is 3. The van der Waals surface area contributed by atoms with Crippen LogP contribution in [0.4, 0.5) is 4.79 Å². The van der Waals surface area contributed by atoms with E-state index in [0.29, 0.717) is 25.6 Å². The zero-order valence-corrected chi connectivity index (χ0v) is 22.0. The summed E-state index contributed by atoms with van der Waals surface area (Å²) in [4.78, 5) is 15.7. The van der Waals surface area contributed by atoms with E-state index in [1.165, 1.54) is 5.56 Å². The first kappa shape index (κ1) is 24.8. The predicted octanol–water partition coefficient (Wildman–Crippen LogP) is 5.75. The van der Waals surface area contributed by atoms with Crippen LogP contribution in [0.15, 0.2) is 72.9 Å². The van der Waals surface area contributed by atoms with Gasteiger partial charge in [-0.2, -0.15) is 5.10 Å². The van der Waals surface area contributed by atoms with Gasteiger partial charge >= 0.3 is 6.03 Å². The molecule has 3 heterocycles. The fourth-order valence-electron chi connectivity index (χ4n) is 5.08. The van der Waals surface area contributed by atoms with Crippen LogP contribution in [0.25, 0.3) is 11.5 Å². The largest absolute Gasteiger partial charge is 0.385 e. The molecule has 0 unspecified atom stereocenters. The molecule has 1 N–H and O–H groups in total. The van der Waals surface area contributed by atoms with Crippen LogP contribution in [0.2, 0.25) is 0 Å². The number of hydrogen-bond donors (Lipinski definition) is 1. The van der Waals surface area contributed by atoms with Crippen molar-refractivity contribution in [2.24, 2.45) is 0 Å². The van der Waals surface area contributed by atoms with E-state index in [2.05, 4.69) is 72.4 Å². The third kappa shape index (κ3) is 4.79. The van der Waals surface area contributed by atoms with Gasteiger partial charge in [0.25, 0.3) is 0 Å². The number of benzene rings is 2. The van der Waals surface area contributed by atoms with E-state index >= 15 is 0 Å². The third-order valence-electron chi connectivity index (χ3n) is 7.07. The second-order valence-electron chi connectivity index (χ2n) is 9.87. The van der Waals surface area contributed by atoms with Crippen molar-refractivity contribution in [3.05, 3.63) is 101 Å². The van der Waals surface area contributed by atoms with Crippen molar-refractivity contribution in [2.75, 3.05) is 20.3 Å². The number of amides is 2. The molecule has 7 heteroatoms. The van der Waals surface area contributed by atoms with Crippen molar-refractivity contribution < 1.29 is 9.53 Å². The number of nitrogens with one attached hydrogen (secondary N) is 1. The minimum atomic E-state index is -0.255. The van der Waals surface area contributed by atoms with Crippen molar-refractivity contribution in [2.45, 2.75) is 45.7 Å². The molecule has 4 aromatic rings. The van der Waals surface area contributed by atoms with E-state index in [4.69, 9.17) is 9.84 Å². The Morgan fingerprint density at radius 2 is 1.84 bits per heavy atom. The molecule has 192 valence electrons. The van der Waals surface area contributed by atoms with Crippen LogP contribution in [0, 0.1) is 6.92 Å². The van der Waals surface area contributed by atoms with Gasteiger partial charge < -0.3 is 19.5 Å². The molecule has 37 heavy (non-hydrogen) atoms. The van der Waals surface area contributed by atoms with Gasteiger partial charge in [0.2, 0.25) is 0 Å². The number of ether oxygens (including phenoxy) is 1. The minimum Gasteiger partial charge on any atom is -0.385 e. The molecule has 0 saturated carbocycles. The van der Waals surface area contributed by atoms with Crippen molar-refractivity contribution in [3.63, 3.8) is 0 Å². The summed E-state index contributed by atoms with van der Waals surface area (Å²) in [6.45, 7) is 8.02. The molecule has 1 aliphatic heterocycles. The molecule has 7 nitrogen and oxygen atoms in total. The maximum atomic E-state index is 13.7. The molecular formula is C30H35N5O2. The molecule has 0 saturated heterocycles. The minimum absolute atomic E-state index is 0.0958. The molecule has 2 amide bonds. The van der Waals surface area contributed by atoms with Gasteiger partial charge in [0.1, 0.15) is 5.82 Å². The molecule has 2 aromatic carbocycles. The maximum absolute atomic E-state index is 13.7. The van der Waals surface area contributed by atoms with Gasteiger partial charge in [0.05, 0.1) is 29.7 Å². The van der Waals surface area contributed by atoms with Gasteiger partial charge in [-0.15, -0.1) is 0 Å². The summed E-state index contributed by atoms with van der Waals surface area (Å²) in [5.74, 6) is 1.41. The van der Waals surface area contributed by atoms with Crippen LogP contribution in [0.3, 0.4) is 0 Å². The third-order valence-corrected chi connectivity index (χ3v) is 7.07. The molecular weight excluding hydrogens is 462 g/mol. The zero-order valence-electron chi connectivity index (χ0n) is 22.0. The highest BCUT2D eigenvalue weighted by molar-refractivity contribution is 5.76. The van der Waals surface area contributed by atoms with Gasteiger partial charge in [-0.1, -0.05) is 56.3 Å². The second kappa shape index (κ2) is 10.6. The highest BCUT2D eigenvalue weighted by atomic mass is 16.5. The van der Waals surface area contributed by atoms with Gasteiger partial charge in [-0.05, 0) is 54.7 Å². The Bertz CT molecular complexity index is 1350. The molecule has 0 aliphatic carbocycles. The summed E-state index contributed by atoms with van der Waals surface area (Å²) in [7, 11) is 1.68. The Kier molecular flexibility index (Phi) is 7.15. The van der Waals surface area contributed by atoms with Crippen molar-refractivity contribution >= 4 is 6.03 Å². The molecule has 5 rings (SSSR count). The Morgan fingerprint density at radius 1 is 1.08 bits per heavy atom. The summed E-state index contributed by atoms with van der Waals surface area (Å²) < 4.78 is 9.36. The van der Waals surface area contributed by atoms with E-state index in [1.807, 2.05) is 40.8 Å². The quantitative estimate of drug-likeness (QED) is 0.331. The average molecular weight is 498 g/mol. The number of aryl methyl sites for hydroxylation is 1. The van der Waals surface area contributed by atoms with Gasteiger partial charge in [0, 0.05) is 32.0 Å². The SMILES string of the molecule is COCCCNC(=O)N1Cc2c(C)nn(-c3ccccc3)c2-n2cccc2[C@H]1c1ccc(C(C)C)cc1. The van der Waals surface area contributed by atoms with E-state index in [9.17, 15) is 4.79 Å². The van der Waals surface area contributed by atoms with E-state index < -0.39 is 0 Å². The fraction of sp³-hybridized carbons (Fsp3) is 0.333. The summed E-state index contributed by atoms with van der Waals surface area (Å²) in [5, 5.41) is 8.04. The number of fused-ring (bicyclic) bond motifs is 3. The number of rotatable bonds is 7. The Balaban J connectivity index is 1.64. The van der Waals surface area contributed by atoms with Crippen molar-refractivity contribution in [3.8, 4) is 11.5 Å².